The molecule has 0 aliphatic heterocycles. The summed E-state index contributed by atoms with van der Waals surface area (Å²) in [5.41, 5.74) is 2.79. The number of anilines is 1. The predicted molar refractivity (Wildman–Crippen MR) is 99.2 cm³/mol. The van der Waals surface area contributed by atoms with E-state index in [-0.39, 0.29) is 17.7 Å². The van der Waals surface area contributed by atoms with Gasteiger partial charge in [-0.3, -0.25) is 4.79 Å². The highest BCUT2D eigenvalue weighted by Gasteiger charge is 2.44. The van der Waals surface area contributed by atoms with Crippen molar-refractivity contribution in [1.29, 1.82) is 5.26 Å². The smallest absolute Gasteiger partial charge is 0.228 e. The molecule has 0 spiro atoms. The number of nitrogens with zero attached hydrogens (tertiary/aromatic N) is 2. The Bertz CT molecular complexity index is 959. The van der Waals surface area contributed by atoms with Crippen molar-refractivity contribution in [1.82, 2.24) is 0 Å². The van der Waals surface area contributed by atoms with Gasteiger partial charge in [0.2, 0.25) is 5.91 Å². The molecule has 2 aromatic carbocycles. The molecule has 0 heterocycles. The van der Waals surface area contributed by atoms with Gasteiger partial charge in [-0.05, 0) is 42.2 Å². The summed E-state index contributed by atoms with van der Waals surface area (Å²) in [6.07, 6.45) is 3.91. The van der Waals surface area contributed by atoms with E-state index in [4.69, 9.17) is 5.26 Å². The number of rotatable bonds is 4. The number of benzene rings is 2. The van der Waals surface area contributed by atoms with E-state index in [1.807, 2.05) is 18.2 Å². The first-order valence-corrected chi connectivity index (χ1v) is 10.3. The first-order valence-electron chi connectivity index (χ1n) is 7.94. The van der Waals surface area contributed by atoms with Crippen LogP contribution in [0.4, 0.5) is 11.4 Å². The van der Waals surface area contributed by atoms with Gasteiger partial charge < -0.3 is 5.32 Å². The van der Waals surface area contributed by atoms with Crippen molar-refractivity contribution < 1.29 is 9.00 Å². The molecule has 5 nitrogen and oxygen atoms in total. The van der Waals surface area contributed by atoms with Crippen LogP contribution in [0.3, 0.4) is 0 Å². The van der Waals surface area contributed by atoms with E-state index in [0.717, 1.165) is 12.0 Å². The Morgan fingerprint density at radius 3 is 2.52 bits per heavy atom. The normalized spacial score (nSPS) is 18.9. The highest BCUT2D eigenvalue weighted by atomic mass is 32.2. The molecule has 1 aliphatic rings. The summed E-state index contributed by atoms with van der Waals surface area (Å²) in [5, 5.41) is 11.8. The van der Waals surface area contributed by atoms with Crippen molar-refractivity contribution >= 4 is 27.0 Å². The topological polar surface area (TPSA) is 82.3 Å². The highest BCUT2D eigenvalue weighted by molar-refractivity contribution is 7.92. The number of amides is 1. The van der Waals surface area contributed by atoms with Crippen molar-refractivity contribution in [3.8, 4) is 6.07 Å². The second kappa shape index (κ2) is 6.69. The van der Waals surface area contributed by atoms with Crippen LogP contribution in [0.2, 0.25) is 0 Å². The van der Waals surface area contributed by atoms with Crippen LogP contribution in [0.5, 0.6) is 0 Å². The standard InChI is InChI=1S/C19H19N3O2S/c1-25(2,24)22-18-6-4-3-5-17(18)21-19(23)16-11-15(16)14-9-7-13(12-20)8-10-14/h3-10,15-16H,11H2,1-2H3,(H,21,23)/t15-,16+/m0/s1. The maximum absolute atomic E-state index is 12.5. The zero-order valence-electron chi connectivity index (χ0n) is 14.1. The summed E-state index contributed by atoms with van der Waals surface area (Å²) in [7, 11) is -2.30. The zero-order valence-corrected chi connectivity index (χ0v) is 14.9. The van der Waals surface area contributed by atoms with E-state index in [1.165, 1.54) is 0 Å². The van der Waals surface area contributed by atoms with Gasteiger partial charge in [0.1, 0.15) is 0 Å². The minimum Gasteiger partial charge on any atom is -0.324 e. The Morgan fingerprint density at radius 2 is 1.88 bits per heavy atom. The molecule has 25 heavy (non-hydrogen) atoms. The average Bonchev–Trinajstić information content (AvgIpc) is 3.36. The number of hydrogen-bond acceptors (Lipinski definition) is 4. The number of para-hydroxylation sites is 1. The lowest BCUT2D eigenvalue weighted by molar-refractivity contribution is -0.117. The van der Waals surface area contributed by atoms with Crippen molar-refractivity contribution in [2.75, 3.05) is 17.8 Å². The van der Waals surface area contributed by atoms with Crippen LogP contribution < -0.4 is 5.32 Å². The quantitative estimate of drug-likeness (QED) is 0.910. The summed E-state index contributed by atoms with van der Waals surface area (Å²) in [5.74, 6) is 0.0303. The first kappa shape index (κ1) is 17.2. The molecule has 1 fully saturated rings. The number of nitrogens with one attached hydrogen (secondary N) is 1. The van der Waals surface area contributed by atoms with E-state index in [9.17, 15) is 9.00 Å². The summed E-state index contributed by atoms with van der Waals surface area (Å²) in [6, 6.07) is 16.6. The third-order valence-electron chi connectivity index (χ3n) is 4.08. The molecule has 0 aromatic heterocycles. The number of nitriles is 1. The lowest BCUT2D eigenvalue weighted by Gasteiger charge is -2.08. The molecule has 2 atom stereocenters. The van der Waals surface area contributed by atoms with Gasteiger partial charge in [-0.1, -0.05) is 24.3 Å². The molecule has 128 valence electrons. The van der Waals surface area contributed by atoms with E-state index in [2.05, 4.69) is 15.7 Å². The molecule has 3 rings (SSSR count). The van der Waals surface area contributed by atoms with Gasteiger partial charge >= 0.3 is 0 Å². The predicted octanol–water partition coefficient (Wildman–Crippen LogP) is 3.66. The van der Waals surface area contributed by atoms with Crippen LogP contribution in [0.1, 0.15) is 23.5 Å². The van der Waals surface area contributed by atoms with E-state index in [0.29, 0.717) is 16.9 Å². The molecule has 1 aliphatic carbocycles. The molecular formula is C19H19N3O2S. The van der Waals surface area contributed by atoms with Crippen molar-refractivity contribution in [3.63, 3.8) is 0 Å². The van der Waals surface area contributed by atoms with Crippen LogP contribution in [-0.2, 0) is 14.5 Å². The Hall–Kier alpha value is -2.65. The molecule has 1 amide bonds. The highest BCUT2D eigenvalue weighted by Crippen LogP contribution is 2.48. The maximum Gasteiger partial charge on any atom is 0.228 e. The Balaban J connectivity index is 1.72. The third-order valence-corrected chi connectivity index (χ3v) is 4.71. The van der Waals surface area contributed by atoms with Gasteiger partial charge in [-0.25, -0.2) is 4.21 Å². The van der Waals surface area contributed by atoms with Crippen molar-refractivity contribution in [3.05, 3.63) is 59.7 Å². The summed E-state index contributed by atoms with van der Waals surface area (Å²) >= 11 is 0. The van der Waals surface area contributed by atoms with Gasteiger partial charge in [0.25, 0.3) is 0 Å². The van der Waals surface area contributed by atoms with Crippen molar-refractivity contribution in [2.24, 2.45) is 10.3 Å². The van der Waals surface area contributed by atoms with E-state index in [1.54, 1.807) is 42.8 Å². The molecule has 6 heteroatoms. The second-order valence-electron chi connectivity index (χ2n) is 6.46. The van der Waals surface area contributed by atoms with Gasteiger partial charge in [0.05, 0.1) is 23.0 Å². The summed E-state index contributed by atoms with van der Waals surface area (Å²) < 4.78 is 16.1. The lowest BCUT2D eigenvalue weighted by Crippen LogP contribution is -2.14. The minimum absolute atomic E-state index is 0.0595. The fourth-order valence-corrected chi connectivity index (χ4v) is 3.41. The average molecular weight is 353 g/mol. The summed E-state index contributed by atoms with van der Waals surface area (Å²) in [4.78, 5) is 12.5. The molecule has 1 N–H and O–H groups in total. The van der Waals surface area contributed by atoms with E-state index < -0.39 is 9.73 Å². The summed E-state index contributed by atoms with van der Waals surface area (Å²) in [6.45, 7) is 0. The van der Waals surface area contributed by atoms with Crippen LogP contribution in [0.25, 0.3) is 0 Å². The maximum atomic E-state index is 12.5. The zero-order chi connectivity index (χ0) is 18.0. The molecule has 2 aromatic rings. The number of carbonyl (C=O) groups is 1. The Morgan fingerprint density at radius 1 is 1.20 bits per heavy atom. The number of carbonyl (C=O) groups excluding carboxylic acids is 1. The molecular weight excluding hydrogens is 334 g/mol. The fraction of sp³-hybridized carbons (Fsp3) is 0.263. The van der Waals surface area contributed by atoms with Crippen LogP contribution >= 0.6 is 0 Å². The van der Waals surface area contributed by atoms with Crippen LogP contribution in [-0.4, -0.2) is 22.6 Å². The van der Waals surface area contributed by atoms with Crippen LogP contribution in [0, 0.1) is 17.2 Å². The lowest BCUT2D eigenvalue weighted by atomic mass is 10.1. The molecule has 0 saturated heterocycles. The monoisotopic (exact) mass is 353 g/mol. The molecule has 0 radical (unpaired) electrons. The van der Waals surface area contributed by atoms with Gasteiger partial charge in [-0.2, -0.15) is 9.62 Å². The largest absolute Gasteiger partial charge is 0.324 e. The SMILES string of the molecule is CS(C)(=O)=Nc1ccccc1NC(=O)[C@@H]1C[C@H]1c1ccc(C#N)cc1. The number of hydrogen-bond donors (Lipinski definition) is 1. The van der Waals surface area contributed by atoms with E-state index >= 15 is 0 Å². The molecule has 0 bridgehead atoms. The van der Waals surface area contributed by atoms with Gasteiger partial charge in [0, 0.05) is 28.2 Å². The Kier molecular flexibility index (Phi) is 4.60. The van der Waals surface area contributed by atoms with Gasteiger partial charge in [0.15, 0.2) is 0 Å². The Labute approximate surface area is 147 Å². The van der Waals surface area contributed by atoms with Crippen molar-refractivity contribution in [2.45, 2.75) is 12.3 Å². The first-order chi connectivity index (χ1) is 11.9. The van der Waals surface area contributed by atoms with Gasteiger partial charge in [-0.15, -0.1) is 0 Å². The minimum atomic E-state index is -2.30. The third kappa shape index (κ3) is 4.25. The molecule has 1 saturated carbocycles. The fourth-order valence-electron chi connectivity index (χ4n) is 2.78. The second-order valence-corrected chi connectivity index (χ2v) is 9.01. The molecule has 0 unspecified atom stereocenters. The van der Waals surface area contributed by atoms with Crippen LogP contribution in [0.15, 0.2) is 52.9 Å².